The predicted molar refractivity (Wildman–Crippen MR) is 75.5 cm³/mol. The standard InChI is InChI=1S/C12H18F3N3O2S/c1-3-4-18(7-12(13,14)15)10-5-9(16)6-11(8(10)2)21(17,19)20/h5-6H,3-4,7,16H2,1-2H3,(H2,17,19,20). The Morgan fingerprint density at radius 3 is 2.29 bits per heavy atom. The van der Waals surface area contributed by atoms with Crippen molar-refractivity contribution in [2.45, 2.75) is 31.3 Å². The van der Waals surface area contributed by atoms with E-state index in [1.54, 1.807) is 6.92 Å². The average molecular weight is 325 g/mol. The second-order valence-corrected chi connectivity index (χ2v) is 6.27. The van der Waals surface area contributed by atoms with Crippen LogP contribution in [-0.4, -0.2) is 27.7 Å². The number of halogens is 3. The van der Waals surface area contributed by atoms with E-state index >= 15 is 0 Å². The molecule has 9 heteroatoms. The highest BCUT2D eigenvalue weighted by Crippen LogP contribution is 2.31. The summed E-state index contributed by atoms with van der Waals surface area (Å²) in [5.41, 5.74) is 5.92. The van der Waals surface area contributed by atoms with Crippen molar-refractivity contribution in [3.05, 3.63) is 17.7 Å². The number of benzene rings is 1. The molecule has 1 aromatic rings. The minimum Gasteiger partial charge on any atom is -0.399 e. The summed E-state index contributed by atoms with van der Waals surface area (Å²) in [5.74, 6) is 0. The van der Waals surface area contributed by atoms with Crippen molar-refractivity contribution in [2.75, 3.05) is 23.7 Å². The molecule has 4 N–H and O–H groups in total. The first-order valence-electron chi connectivity index (χ1n) is 6.20. The number of anilines is 2. The molecule has 0 spiro atoms. The maximum absolute atomic E-state index is 12.7. The monoisotopic (exact) mass is 325 g/mol. The minimum absolute atomic E-state index is 0.0444. The fraction of sp³-hybridized carbons (Fsp3) is 0.500. The topological polar surface area (TPSA) is 89.4 Å². The van der Waals surface area contributed by atoms with Crippen LogP contribution in [0.15, 0.2) is 17.0 Å². The lowest BCUT2D eigenvalue weighted by Crippen LogP contribution is -2.35. The van der Waals surface area contributed by atoms with E-state index in [0.717, 1.165) is 11.0 Å². The molecule has 0 saturated heterocycles. The summed E-state index contributed by atoms with van der Waals surface area (Å²) in [6.45, 7) is 2.07. The molecule has 120 valence electrons. The van der Waals surface area contributed by atoms with Crippen LogP contribution in [0.5, 0.6) is 0 Å². The summed E-state index contributed by atoms with van der Waals surface area (Å²) in [6, 6.07) is 2.47. The number of nitrogen functional groups attached to an aromatic ring is 1. The van der Waals surface area contributed by atoms with Gasteiger partial charge in [0.15, 0.2) is 0 Å². The zero-order valence-electron chi connectivity index (χ0n) is 11.7. The highest BCUT2D eigenvalue weighted by Gasteiger charge is 2.32. The molecule has 0 radical (unpaired) electrons. The van der Waals surface area contributed by atoms with Crippen LogP contribution < -0.4 is 15.8 Å². The van der Waals surface area contributed by atoms with E-state index in [4.69, 9.17) is 10.9 Å². The van der Waals surface area contributed by atoms with Gasteiger partial charge >= 0.3 is 6.18 Å². The van der Waals surface area contributed by atoms with Crippen LogP contribution in [0.1, 0.15) is 18.9 Å². The zero-order chi connectivity index (χ0) is 16.4. The molecule has 0 aliphatic heterocycles. The van der Waals surface area contributed by atoms with Gasteiger partial charge in [-0.1, -0.05) is 6.92 Å². The summed E-state index contributed by atoms with van der Waals surface area (Å²) in [5, 5.41) is 5.07. The lowest BCUT2D eigenvalue weighted by Gasteiger charge is -2.28. The Hall–Kier alpha value is -1.48. The van der Waals surface area contributed by atoms with Gasteiger partial charge in [0.05, 0.1) is 4.90 Å². The lowest BCUT2D eigenvalue weighted by molar-refractivity contribution is -0.119. The summed E-state index contributed by atoms with van der Waals surface area (Å²) < 4.78 is 61.0. The lowest BCUT2D eigenvalue weighted by atomic mass is 10.1. The van der Waals surface area contributed by atoms with Crippen molar-refractivity contribution >= 4 is 21.4 Å². The van der Waals surface area contributed by atoms with Gasteiger partial charge < -0.3 is 10.6 Å². The molecule has 0 heterocycles. The van der Waals surface area contributed by atoms with Gasteiger partial charge in [0, 0.05) is 17.9 Å². The van der Waals surface area contributed by atoms with Gasteiger partial charge in [-0.05, 0) is 31.0 Å². The van der Waals surface area contributed by atoms with Crippen molar-refractivity contribution in [3.63, 3.8) is 0 Å². The Kier molecular flexibility index (Phi) is 5.11. The highest BCUT2D eigenvalue weighted by molar-refractivity contribution is 7.89. The molecule has 0 unspecified atom stereocenters. The first-order chi connectivity index (χ1) is 9.45. The fourth-order valence-corrected chi connectivity index (χ4v) is 2.92. The summed E-state index contributed by atoms with van der Waals surface area (Å²) in [6.07, 6.45) is -3.94. The summed E-state index contributed by atoms with van der Waals surface area (Å²) in [4.78, 5) is 0.793. The number of nitrogens with zero attached hydrogens (tertiary/aromatic N) is 1. The predicted octanol–water partition coefficient (Wildman–Crippen LogP) is 2.00. The van der Waals surface area contributed by atoms with E-state index in [1.165, 1.54) is 13.0 Å². The molecule has 0 atom stereocenters. The Morgan fingerprint density at radius 1 is 1.29 bits per heavy atom. The molecule has 0 bridgehead atoms. The molecule has 5 nitrogen and oxygen atoms in total. The van der Waals surface area contributed by atoms with E-state index in [9.17, 15) is 21.6 Å². The van der Waals surface area contributed by atoms with E-state index in [1.807, 2.05) is 0 Å². The second-order valence-electron chi connectivity index (χ2n) is 4.74. The van der Waals surface area contributed by atoms with E-state index < -0.39 is 22.7 Å². The third kappa shape index (κ3) is 4.78. The third-order valence-electron chi connectivity index (χ3n) is 2.87. The third-order valence-corrected chi connectivity index (χ3v) is 3.90. The van der Waals surface area contributed by atoms with E-state index in [-0.39, 0.29) is 28.4 Å². The molecule has 0 saturated carbocycles. The summed E-state index contributed by atoms with van der Waals surface area (Å²) in [7, 11) is -4.06. The van der Waals surface area contributed by atoms with Gasteiger partial charge in [-0.25, -0.2) is 13.6 Å². The normalized spacial score (nSPS) is 12.5. The Labute approximate surface area is 121 Å². The van der Waals surface area contributed by atoms with Crippen LogP contribution in [0.25, 0.3) is 0 Å². The molecule has 1 rings (SSSR count). The Balaban J connectivity index is 3.41. The van der Waals surface area contributed by atoms with Gasteiger partial charge in [0.25, 0.3) is 0 Å². The number of primary sulfonamides is 1. The average Bonchev–Trinajstić information content (AvgIpc) is 2.28. The number of hydrogen-bond donors (Lipinski definition) is 2. The van der Waals surface area contributed by atoms with Crippen molar-refractivity contribution in [2.24, 2.45) is 5.14 Å². The number of hydrogen-bond acceptors (Lipinski definition) is 4. The smallest absolute Gasteiger partial charge is 0.399 e. The van der Waals surface area contributed by atoms with E-state index in [2.05, 4.69) is 0 Å². The highest BCUT2D eigenvalue weighted by atomic mass is 32.2. The van der Waals surface area contributed by atoms with Gasteiger partial charge in [-0.2, -0.15) is 13.2 Å². The Bertz CT molecular complexity index is 615. The van der Waals surface area contributed by atoms with Gasteiger partial charge in [0.1, 0.15) is 6.54 Å². The van der Waals surface area contributed by atoms with Crippen molar-refractivity contribution in [3.8, 4) is 0 Å². The van der Waals surface area contributed by atoms with Gasteiger partial charge in [0.2, 0.25) is 10.0 Å². The maximum Gasteiger partial charge on any atom is 0.405 e. The quantitative estimate of drug-likeness (QED) is 0.810. The molecule has 0 aromatic heterocycles. The largest absolute Gasteiger partial charge is 0.405 e. The number of sulfonamides is 1. The molecule has 1 aromatic carbocycles. The van der Waals surface area contributed by atoms with Crippen LogP contribution in [0.3, 0.4) is 0 Å². The van der Waals surface area contributed by atoms with Crippen LogP contribution in [0.4, 0.5) is 24.5 Å². The molecule has 0 amide bonds. The zero-order valence-corrected chi connectivity index (χ0v) is 12.6. The van der Waals surface area contributed by atoms with Crippen molar-refractivity contribution < 1.29 is 21.6 Å². The molecule has 0 aliphatic rings. The molecule has 21 heavy (non-hydrogen) atoms. The Morgan fingerprint density at radius 2 is 1.86 bits per heavy atom. The summed E-state index contributed by atoms with van der Waals surface area (Å²) >= 11 is 0. The second kappa shape index (κ2) is 6.10. The van der Waals surface area contributed by atoms with Gasteiger partial charge in [-0.3, -0.25) is 0 Å². The maximum atomic E-state index is 12.7. The molecule has 0 aliphatic carbocycles. The van der Waals surface area contributed by atoms with Crippen molar-refractivity contribution in [1.29, 1.82) is 0 Å². The SMILES string of the molecule is CCCN(CC(F)(F)F)c1cc(N)cc(S(N)(=O)=O)c1C. The molecular formula is C12H18F3N3O2S. The van der Waals surface area contributed by atoms with Crippen molar-refractivity contribution in [1.82, 2.24) is 0 Å². The first kappa shape index (κ1) is 17.6. The van der Waals surface area contributed by atoms with Crippen LogP contribution in [0.2, 0.25) is 0 Å². The number of rotatable bonds is 5. The number of nitrogens with two attached hydrogens (primary N) is 2. The van der Waals surface area contributed by atoms with Crippen LogP contribution in [-0.2, 0) is 10.0 Å². The fourth-order valence-electron chi connectivity index (χ4n) is 2.09. The first-order valence-corrected chi connectivity index (χ1v) is 7.75. The van der Waals surface area contributed by atoms with Gasteiger partial charge in [-0.15, -0.1) is 0 Å². The van der Waals surface area contributed by atoms with E-state index in [0.29, 0.717) is 6.42 Å². The molecular weight excluding hydrogens is 307 g/mol. The van der Waals surface area contributed by atoms with Crippen LogP contribution in [0, 0.1) is 6.92 Å². The molecule has 0 fully saturated rings. The van der Waals surface area contributed by atoms with Crippen LogP contribution >= 0.6 is 0 Å². The minimum atomic E-state index is -4.41. The number of alkyl halides is 3.